The second kappa shape index (κ2) is 5.97. The van der Waals surface area contributed by atoms with Gasteiger partial charge >= 0.3 is 0 Å². The molecule has 1 fully saturated rings. The molecule has 0 atom stereocenters. The van der Waals surface area contributed by atoms with Gasteiger partial charge in [-0.25, -0.2) is 0 Å². The molecule has 1 aliphatic carbocycles. The number of rotatable bonds is 5. The first kappa shape index (κ1) is 11.6. The molecule has 1 heterocycles. The zero-order valence-corrected chi connectivity index (χ0v) is 9.68. The van der Waals surface area contributed by atoms with Gasteiger partial charge in [-0.2, -0.15) is 0 Å². The van der Waals surface area contributed by atoms with Crippen LogP contribution in [0, 0.1) is 0 Å². The van der Waals surface area contributed by atoms with E-state index in [4.69, 9.17) is 5.11 Å². The fourth-order valence-corrected chi connectivity index (χ4v) is 2.51. The summed E-state index contributed by atoms with van der Waals surface area (Å²) >= 11 is 0. The van der Waals surface area contributed by atoms with Crippen LogP contribution in [0.5, 0.6) is 0 Å². The predicted molar refractivity (Wildman–Crippen MR) is 64.0 cm³/mol. The molecule has 1 aliphatic rings. The van der Waals surface area contributed by atoms with Gasteiger partial charge in [0.1, 0.15) is 0 Å². The summed E-state index contributed by atoms with van der Waals surface area (Å²) in [5, 5.41) is 9.12. The summed E-state index contributed by atoms with van der Waals surface area (Å²) in [6.07, 6.45) is 8.91. The van der Waals surface area contributed by atoms with E-state index in [1.807, 2.05) is 12.4 Å². The largest absolute Gasteiger partial charge is 0.395 e. The third-order valence-corrected chi connectivity index (χ3v) is 3.36. The van der Waals surface area contributed by atoms with Crippen LogP contribution in [-0.2, 0) is 6.54 Å². The second-order valence-electron chi connectivity index (χ2n) is 4.49. The third-order valence-electron chi connectivity index (χ3n) is 3.36. The monoisotopic (exact) mass is 220 g/mol. The molecule has 0 aromatic carbocycles. The first-order valence-corrected chi connectivity index (χ1v) is 6.14. The van der Waals surface area contributed by atoms with Crippen molar-refractivity contribution in [3.8, 4) is 0 Å². The standard InChI is InChI=1S/C13H20N2O/c16-10-9-15(13-3-1-2-4-13)11-12-5-7-14-8-6-12/h5-8,13,16H,1-4,9-11H2. The predicted octanol–water partition coefficient (Wildman–Crippen LogP) is 1.82. The maximum Gasteiger partial charge on any atom is 0.0558 e. The van der Waals surface area contributed by atoms with E-state index in [2.05, 4.69) is 22.0 Å². The van der Waals surface area contributed by atoms with Crippen molar-refractivity contribution in [2.24, 2.45) is 0 Å². The average Bonchev–Trinajstić information content (AvgIpc) is 2.83. The highest BCUT2D eigenvalue weighted by molar-refractivity contribution is 5.09. The van der Waals surface area contributed by atoms with Gasteiger partial charge < -0.3 is 5.11 Å². The Balaban J connectivity index is 1.96. The van der Waals surface area contributed by atoms with Crippen LogP contribution in [-0.4, -0.2) is 34.2 Å². The zero-order chi connectivity index (χ0) is 11.2. The molecule has 1 aromatic rings. The van der Waals surface area contributed by atoms with Crippen molar-refractivity contribution in [3.05, 3.63) is 30.1 Å². The van der Waals surface area contributed by atoms with E-state index >= 15 is 0 Å². The summed E-state index contributed by atoms with van der Waals surface area (Å²) in [6.45, 7) is 1.97. The fraction of sp³-hybridized carbons (Fsp3) is 0.615. The van der Waals surface area contributed by atoms with Gasteiger partial charge in [0, 0.05) is 31.5 Å². The van der Waals surface area contributed by atoms with Gasteiger partial charge in [0.15, 0.2) is 0 Å². The van der Waals surface area contributed by atoms with Crippen molar-refractivity contribution in [2.45, 2.75) is 38.3 Å². The molecule has 88 valence electrons. The van der Waals surface area contributed by atoms with Crippen LogP contribution in [0.15, 0.2) is 24.5 Å². The molecule has 0 saturated heterocycles. The lowest BCUT2D eigenvalue weighted by molar-refractivity contribution is 0.145. The minimum absolute atomic E-state index is 0.252. The van der Waals surface area contributed by atoms with Crippen LogP contribution in [0.4, 0.5) is 0 Å². The Kier molecular flexibility index (Phi) is 4.31. The van der Waals surface area contributed by atoms with Crippen LogP contribution in [0.2, 0.25) is 0 Å². The molecular formula is C13H20N2O. The van der Waals surface area contributed by atoms with Crippen molar-refractivity contribution in [2.75, 3.05) is 13.2 Å². The smallest absolute Gasteiger partial charge is 0.0558 e. The van der Waals surface area contributed by atoms with Gasteiger partial charge in [-0.05, 0) is 30.5 Å². The minimum atomic E-state index is 0.252. The van der Waals surface area contributed by atoms with Gasteiger partial charge in [0.2, 0.25) is 0 Å². The van der Waals surface area contributed by atoms with E-state index < -0.39 is 0 Å². The van der Waals surface area contributed by atoms with E-state index in [0.717, 1.165) is 13.1 Å². The molecule has 0 unspecified atom stereocenters. The van der Waals surface area contributed by atoms with Crippen molar-refractivity contribution >= 4 is 0 Å². The van der Waals surface area contributed by atoms with Gasteiger partial charge in [0.05, 0.1) is 6.61 Å². The molecule has 0 bridgehead atoms. The zero-order valence-electron chi connectivity index (χ0n) is 9.68. The molecule has 0 aliphatic heterocycles. The number of pyridine rings is 1. The van der Waals surface area contributed by atoms with E-state index in [-0.39, 0.29) is 6.61 Å². The van der Waals surface area contributed by atoms with Crippen LogP contribution in [0.3, 0.4) is 0 Å². The van der Waals surface area contributed by atoms with Crippen LogP contribution >= 0.6 is 0 Å². The number of hydrogen-bond acceptors (Lipinski definition) is 3. The van der Waals surface area contributed by atoms with E-state index in [1.165, 1.54) is 31.2 Å². The Bertz CT molecular complexity index is 296. The summed E-state index contributed by atoms with van der Waals surface area (Å²) in [6, 6.07) is 4.78. The molecule has 16 heavy (non-hydrogen) atoms. The molecule has 1 saturated carbocycles. The lowest BCUT2D eigenvalue weighted by atomic mass is 10.1. The Morgan fingerprint density at radius 1 is 1.25 bits per heavy atom. The highest BCUT2D eigenvalue weighted by Gasteiger charge is 2.21. The van der Waals surface area contributed by atoms with Gasteiger partial charge in [-0.15, -0.1) is 0 Å². The third kappa shape index (κ3) is 3.03. The summed E-state index contributed by atoms with van der Waals surface area (Å²) < 4.78 is 0. The van der Waals surface area contributed by atoms with Gasteiger partial charge in [-0.1, -0.05) is 12.8 Å². The van der Waals surface area contributed by atoms with Crippen molar-refractivity contribution in [3.63, 3.8) is 0 Å². The summed E-state index contributed by atoms with van der Waals surface area (Å²) in [5.74, 6) is 0. The van der Waals surface area contributed by atoms with Crippen molar-refractivity contribution in [1.29, 1.82) is 0 Å². The van der Waals surface area contributed by atoms with Gasteiger partial charge in [0.25, 0.3) is 0 Å². The molecule has 1 aromatic heterocycles. The summed E-state index contributed by atoms with van der Waals surface area (Å²) in [5.41, 5.74) is 1.29. The number of aliphatic hydroxyl groups excluding tert-OH is 1. The maximum atomic E-state index is 9.12. The van der Waals surface area contributed by atoms with Gasteiger partial charge in [-0.3, -0.25) is 9.88 Å². The molecule has 0 spiro atoms. The summed E-state index contributed by atoms with van der Waals surface area (Å²) in [4.78, 5) is 6.43. The molecule has 0 radical (unpaired) electrons. The van der Waals surface area contributed by atoms with Crippen molar-refractivity contribution in [1.82, 2.24) is 9.88 Å². The van der Waals surface area contributed by atoms with Crippen molar-refractivity contribution < 1.29 is 5.11 Å². The second-order valence-corrected chi connectivity index (χ2v) is 4.49. The lowest BCUT2D eigenvalue weighted by Gasteiger charge is -2.28. The summed E-state index contributed by atoms with van der Waals surface area (Å²) in [7, 11) is 0. The number of aliphatic hydroxyl groups is 1. The number of nitrogens with zero attached hydrogens (tertiary/aromatic N) is 2. The Morgan fingerprint density at radius 2 is 1.94 bits per heavy atom. The molecule has 0 amide bonds. The number of hydrogen-bond donors (Lipinski definition) is 1. The Morgan fingerprint density at radius 3 is 2.56 bits per heavy atom. The molecule has 3 nitrogen and oxygen atoms in total. The first-order valence-electron chi connectivity index (χ1n) is 6.14. The Labute approximate surface area is 97.1 Å². The van der Waals surface area contributed by atoms with E-state index in [1.54, 1.807) is 0 Å². The maximum absolute atomic E-state index is 9.12. The minimum Gasteiger partial charge on any atom is -0.395 e. The van der Waals surface area contributed by atoms with Crippen LogP contribution < -0.4 is 0 Å². The topological polar surface area (TPSA) is 36.4 Å². The van der Waals surface area contributed by atoms with E-state index in [0.29, 0.717) is 6.04 Å². The molecule has 1 N–H and O–H groups in total. The SMILES string of the molecule is OCCN(Cc1ccncc1)C1CCCC1. The highest BCUT2D eigenvalue weighted by atomic mass is 16.3. The highest BCUT2D eigenvalue weighted by Crippen LogP contribution is 2.24. The van der Waals surface area contributed by atoms with E-state index in [9.17, 15) is 0 Å². The van der Waals surface area contributed by atoms with Crippen LogP contribution in [0.25, 0.3) is 0 Å². The average molecular weight is 220 g/mol. The Hall–Kier alpha value is -0.930. The fourth-order valence-electron chi connectivity index (χ4n) is 2.51. The number of aromatic nitrogens is 1. The lowest BCUT2D eigenvalue weighted by Crippen LogP contribution is -2.35. The quantitative estimate of drug-likeness (QED) is 0.822. The molecular weight excluding hydrogens is 200 g/mol. The normalized spacial score (nSPS) is 17.1. The molecule has 3 heteroatoms. The molecule has 2 rings (SSSR count). The van der Waals surface area contributed by atoms with Crippen LogP contribution in [0.1, 0.15) is 31.2 Å². The first-order chi connectivity index (χ1) is 7.90.